The summed E-state index contributed by atoms with van der Waals surface area (Å²) < 4.78 is 13.3. The van der Waals surface area contributed by atoms with Gasteiger partial charge in [0.25, 0.3) is 5.56 Å². The molecule has 1 atom stereocenters. The van der Waals surface area contributed by atoms with Gasteiger partial charge in [0.1, 0.15) is 12.4 Å². The summed E-state index contributed by atoms with van der Waals surface area (Å²) in [5.41, 5.74) is 10.1. The van der Waals surface area contributed by atoms with Gasteiger partial charge in [-0.05, 0) is 75.9 Å². The van der Waals surface area contributed by atoms with E-state index in [4.69, 9.17) is 9.47 Å². The van der Waals surface area contributed by atoms with E-state index < -0.39 is 0 Å². The zero-order valence-corrected chi connectivity index (χ0v) is 21.4. The molecule has 0 amide bonds. The molecule has 2 heterocycles. The molecule has 2 N–H and O–H groups in total. The van der Waals surface area contributed by atoms with Crippen LogP contribution in [0.15, 0.2) is 53.3 Å². The molecule has 1 aliphatic heterocycles. The molecule has 2 aromatic carbocycles. The van der Waals surface area contributed by atoms with Crippen LogP contribution in [0.25, 0.3) is 11.1 Å². The van der Waals surface area contributed by atoms with Gasteiger partial charge in [-0.1, -0.05) is 50.2 Å². The van der Waals surface area contributed by atoms with Crippen LogP contribution in [-0.2, 0) is 11.3 Å². The Labute approximate surface area is 203 Å². The Morgan fingerprint density at radius 3 is 2.38 bits per heavy atom. The van der Waals surface area contributed by atoms with E-state index in [9.17, 15) is 4.79 Å². The largest absolute Gasteiger partial charge is 0.489 e. The summed E-state index contributed by atoms with van der Waals surface area (Å²) in [6, 6.07) is 16.1. The highest BCUT2D eigenvalue weighted by Crippen LogP contribution is 2.31. The van der Waals surface area contributed by atoms with Crippen molar-refractivity contribution in [2.24, 2.45) is 5.73 Å². The molecule has 1 fully saturated rings. The predicted octanol–water partition coefficient (Wildman–Crippen LogP) is 5.71. The maximum atomic E-state index is 13.0. The van der Waals surface area contributed by atoms with Crippen molar-refractivity contribution in [1.29, 1.82) is 0 Å². The van der Waals surface area contributed by atoms with Crippen molar-refractivity contribution in [2.45, 2.75) is 66.7 Å². The molecule has 0 radical (unpaired) electrons. The fourth-order valence-corrected chi connectivity index (χ4v) is 4.06. The first kappa shape index (κ1) is 27.3. The van der Waals surface area contributed by atoms with E-state index in [2.05, 4.69) is 10.8 Å². The van der Waals surface area contributed by atoms with Crippen molar-refractivity contribution >= 4 is 0 Å². The summed E-state index contributed by atoms with van der Waals surface area (Å²) in [7, 11) is 1.50. The lowest BCUT2D eigenvalue weighted by atomic mass is 9.96. The van der Waals surface area contributed by atoms with Crippen molar-refractivity contribution in [1.82, 2.24) is 9.78 Å². The number of ether oxygens (including phenoxy) is 2. The number of aryl methyl sites for hydroxylation is 2. The van der Waals surface area contributed by atoms with Crippen LogP contribution in [0.2, 0.25) is 0 Å². The quantitative estimate of drug-likeness (QED) is 0.522. The summed E-state index contributed by atoms with van der Waals surface area (Å²) in [6.07, 6.45) is 2.67. The monoisotopic (exact) mass is 465 g/mol. The van der Waals surface area contributed by atoms with E-state index in [0.717, 1.165) is 53.0 Å². The van der Waals surface area contributed by atoms with Crippen LogP contribution in [0.1, 0.15) is 61.7 Å². The molecular weight excluding hydrogens is 426 g/mol. The molecule has 4 rings (SSSR count). The molecule has 184 valence electrons. The zero-order valence-electron chi connectivity index (χ0n) is 21.4. The highest BCUT2D eigenvalue weighted by atomic mass is 16.5. The molecule has 0 spiro atoms. The minimum absolute atomic E-state index is 0.0775. The number of hydrogen-bond donors (Lipinski definition) is 1. The molecule has 3 aromatic rings. The summed E-state index contributed by atoms with van der Waals surface area (Å²) >= 11 is 0. The third-order valence-electron chi connectivity index (χ3n) is 5.67. The molecule has 1 aromatic heterocycles. The van der Waals surface area contributed by atoms with Crippen molar-refractivity contribution in [3.05, 3.63) is 81.3 Å². The summed E-state index contributed by atoms with van der Waals surface area (Å²) in [5, 5.41) is 4.62. The van der Waals surface area contributed by atoms with Crippen LogP contribution < -0.4 is 16.0 Å². The minimum Gasteiger partial charge on any atom is -0.489 e. The van der Waals surface area contributed by atoms with E-state index in [-0.39, 0.29) is 11.8 Å². The van der Waals surface area contributed by atoms with Crippen LogP contribution in [0.5, 0.6) is 5.75 Å². The Bertz CT molecular complexity index is 1090. The summed E-state index contributed by atoms with van der Waals surface area (Å²) in [6.45, 7) is 11.1. The van der Waals surface area contributed by atoms with Gasteiger partial charge in [0.15, 0.2) is 6.23 Å². The number of benzene rings is 2. The molecule has 34 heavy (non-hydrogen) atoms. The first-order valence-electron chi connectivity index (χ1n) is 12.1. The standard InChI is InChI=1S/C25H28N2O3.C2H6.CH5N/c1-17-15-21(30-16-20-9-5-4-6-10-20)12-13-22(17)24-18(2)25(28)27(26-19(24)3)23-11-7-8-14-29-23;2*1-2/h4-6,9-10,12-13,15,23H,7-8,11,14,16H2,1-3H3;1-2H3;2H2,1H3. The topological polar surface area (TPSA) is 79.4 Å². The van der Waals surface area contributed by atoms with E-state index in [1.54, 1.807) is 0 Å². The van der Waals surface area contributed by atoms with Gasteiger partial charge in [-0.15, -0.1) is 0 Å². The Morgan fingerprint density at radius 1 is 1.06 bits per heavy atom. The van der Waals surface area contributed by atoms with E-state index in [1.165, 1.54) is 11.7 Å². The SMILES string of the molecule is CC.CN.Cc1cc(OCc2ccccc2)ccc1-c1c(C)nn(C2CCCCO2)c(=O)c1C. The van der Waals surface area contributed by atoms with Crippen molar-refractivity contribution in [2.75, 3.05) is 13.7 Å². The van der Waals surface area contributed by atoms with Gasteiger partial charge in [-0.2, -0.15) is 5.10 Å². The number of aromatic nitrogens is 2. The lowest BCUT2D eigenvalue weighted by Gasteiger charge is -2.25. The minimum atomic E-state index is -0.257. The van der Waals surface area contributed by atoms with Crippen molar-refractivity contribution in [3.8, 4) is 16.9 Å². The fraction of sp³-hybridized carbons (Fsp3) is 0.429. The van der Waals surface area contributed by atoms with Gasteiger partial charge in [-0.3, -0.25) is 4.79 Å². The first-order chi connectivity index (χ1) is 16.5. The van der Waals surface area contributed by atoms with Gasteiger partial charge < -0.3 is 15.2 Å². The van der Waals surface area contributed by atoms with Crippen molar-refractivity contribution < 1.29 is 9.47 Å². The van der Waals surface area contributed by atoms with Gasteiger partial charge >= 0.3 is 0 Å². The molecule has 1 unspecified atom stereocenters. The van der Waals surface area contributed by atoms with Crippen LogP contribution in [0.3, 0.4) is 0 Å². The fourth-order valence-electron chi connectivity index (χ4n) is 4.06. The molecule has 1 aliphatic rings. The average molecular weight is 466 g/mol. The second-order valence-electron chi connectivity index (χ2n) is 7.91. The maximum absolute atomic E-state index is 13.0. The molecule has 1 saturated heterocycles. The Kier molecular flexibility index (Phi) is 11.0. The number of nitrogens with two attached hydrogens (primary N) is 1. The summed E-state index contributed by atoms with van der Waals surface area (Å²) in [5.74, 6) is 0.812. The van der Waals surface area contributed by atoms with E-state index in [0.29, 0.717) is 18.8 Å². The Morgan fingerprint density at radius 2 is 1.76 bits per heavy atom. The van der Waals surface area contributed by atoms with Crippen LogP contribution in [-0.4, -0.2) is 23.4 Å². The number of nitrogens with zero attached hydrogens (tertiary/aromatic N) is 2. The first-order valence-corrected chi connectivity index (χ1v) is 12.1. The molecule has 0 aliphatic carbocycles. The van der Waals surface area contributed by atoms with Crippen LogP contribution in [0.4, 0.5) is 0 Å². The molecule has 0 bridgehead atoms. The van der Waals surface area contributed by atoms with Gasteiger partial charge in [0.2, 0.25) is 0 Å². The van der Waals surface area contributed by atoms with Gasteiger partial charge in [0.05, 0.1) is 5.69 Å². The Balaban J connectivity index is 0.000000970. The lowest BCUT2D eigenvalue weighted by Crippen LogP contribution is -2.33. The highest BCUT2D eigenvalue weighted by molar-refractivity contribution is 5.72. The smallest absolute Gasteiger partial charge is 0.272 e. The molecule has 6 nitrogen and oxygen atoms in total. The lowest BCUT2D eigenvalue weighted by molar-refractivity contribution is -0.0428. The third kappa shape index (κ3) is 6.55. The molecule has 6 heteroatoms. The van der Waals surface area contributed by atoms with Crippen LogP contribution in [0, 0.1) is 20.8 Å². The molecular formula is C28H39N3O3. The second kappa shape index (κ2) is 13.7. The Hall–Kier alpha value is -2.96. The number of hydrogen-bond acceptors (Lipinski definition) is 5. The van der Waals surface area contributed by atoms with Gasteiger partial charge in [0, 0.05) is 17.7 Å². The zero-order chi connectivity index (χ0) is 25.1. The highest BCUT2D eigenvalue weighted by Gasteiger charge is 2.22. The second-order valence-corrected chi connectivity index (χ2v) is 7.91. The van der Waals surface area contributed by atoms with E-state index >= 15 is 0 Å². The number of rotatable bonds is 5. The van der Waals surface area contributed by atoms with Gasteiger partial charge in [-0.25, -0.2) is 4.68 Å². The third-order valence-corrected chi connectivity index (χ3v) is 5.67. The normalized spacial score (nSPS) is 14.9. The van der Waals surface area contributed by atoms with Crippen LogP contribution >= 0.6 is 0 Å². The van der Waals surface area contributed by atoms with Crippen molar-refractivity contribution in [3.63, 3.8) is 0 Å². The summed E-state index contributed by atoms with van der Waals surface area (Å²) in [4.78, 5) is 13.0. The van der Waals surface area contributed by atoms with E-state index in [1.807, 2.05) is 83.1 Å². The predicted molar refractivity (Wildman–Crippen MR) is 139 cm³/mol. The average Bonchev–Trinajstić information content (AvgIpc) is 2.89. The maximum Gasteiger partial charge on any atom is 0.272 e. The molecule has 0 saturated carbocycles.